The van der Waals surface area contributed by atoms with Crippen LogP contribution >= 0.6 is 0 Å². The fraction of sp³-hybridized carbons (Fsp3) is 0.579. The molecule has 4 heteroatoms. The van der Waals surface area contributed by atoms with Crippen molar-refractivity contribution in [1.29, 1.82) is 0 Å². The van der Waals surface area contributed by atoms with Crippen molar-refractivity contribution in [1.82, 2.24) is 0 Å². The van der Waals surface area contributed by atoms with Crippen LogP contribution in [0.1, 0.15) is 60.0 Å². The molecule has 4 rings (SSSR count). The number of benzene rings is 1. The summed E-state index contributed by atoms with van der Waals surface area (Å²) < 4.78 is 5.02. The fourth-order valence-corrected chi connectivity index (χ4v) is 4.53. The van der Waals surface area contributed by atoms with Crippen molar-refractivity contribution in [2.75, 3.05) is 7.11 Å². The first-order valence-corrected chi connectivity index (χ1v) is 8.38. The zero-order valence-electron chi connectivity index (χ0n) is 14.0. The van der Waals surface area contributed by atoms with Crippen molar-refractivity contribution in [2.24, 2.45) is 16.6 Å². The monoisotopic (exact) mass is 315 g/mol. The minimum atomic E-state index is -0.362. The van der Waals surface area contributed by atoms with Crippen molar-refractivity contribution in [3.8, 4) is 0 Å². The minimum absolute atomic E-state index is 0.0304. The highest BCUT2D eigenvalue weighted by molar-refractivity contribution is 5.94. The van der Waals surface area contributed by atoms with Crippen LogP contribution < -0.4 is 5.73 Å². The summed E-state index contributed by atoms with van der Waals surface area (Å²) in [7, 11) is 1.49. The standard InChI is InChI=1S/C19H25NO3/c1-13-3-4-14(11-15(13)16(20)21)12-18-5-8-19(9-6-18,10-7-18)17(22)23-2/h3-4,11H,5-10,12H2,1-2H3,(H2,20,21). The maximum Gasteiger partial charge on any atom is 0.311 e. The summed E-state index contributed by atoms with van der Waals surface area (Å²) in [5, 5.41) is 0. The van der Waals surface area contributed by atoms with Gasteiger partial charge in [-0.1, -0.05) is 12.1 Å². The summed E-state index contributed by atoms with van der Waals surface area (Å²) in [6.07, 6.45) is 6.91. The van der Waals surface area contributed by atoms with Gasteiger partial charge in [0.15, 0.2) is 0 Å². The van der Waals surface area contributed by atoms with Gasteiger partial charge in [0, 0.05) is 5.56 Å². The van der Waals surface area contributed by atoms with Gasteiger partial charge in [-0.15, -0.1) is 0 Å². The number of carbonyl (C=O) groups is 2. The highest BCUT2D eigenvalue weighted by Gasteiger charge is 2.52. The van der Waals surface area contributed by atoms with Crippen LogP contribution in [0, 0.1) is 17.8 Å². The third-order valence-corrected chi connectivity index (χ3v) is 6.17. The Labute approximate surface area is 137 Å². The molecule has 0 aromatic heterocycles. The highest BCUT2D eigenvalue weighted by atomic mass is 16.5. The predicted octanol–water partition coefficient (Wildman–Crippen LogP) is 3.15. The molecule has 0 saturated heterocycles. The normalized spacial score (nSPS) is 29.3. The first-order valence-electron chi connectivity index (χ1n) is 8.38. The van der Waals surface area contributed by atoms with E-state index in [-0.39, 0.29) is 22.7 Å². The van der Waals surface area contributed by atoms with Gasteiger partial charge in [0.2, 0.25) is 5.91 Å². The average Bonchev–Trinajstić information content (AvgIpc) is 2.57. The van der Waals surface area contributed by atoms with Gasteiger partial charge in [-0.05, 0) is 74.5 Å². The van der Waals surface area contributed by atoms with E-state index in [4.69, 9.17) is 10.5 Å². The number of amides is 1. The highest BCUT2D eigenvalue weighted by Crippen LogP contribution is 2.58. The first-order chi connectivity index (χ1) is 10.9. The number of rotatable bonds is 4. The van der Waals surface area contributed by atoms with Crippen LogP contribution in [0.4, 0.5) is 0 Å². The second-order valence-electron chi connectivity index (χ2n) is 7.46. The van der Waals surface area contributed by atoms with Crippen molar-refractivity contribution >= 4 is 11.9 Å². The molecule has 2 N–H and O–H groups in total. The molecule has 1 amide bonds. The van der Waals surface area contributed by atoms with Gasteiger partial charge in [0.25, 0.3) is 0 Å². The molecule has 3 aliphatic carbocycles. The van der Waals surface area contributed by atoms with Crippen molar-refractivity contribution in [3.63, 3.8) is 0 Å². The van der Waals surface area contributed by atoms with Crippen LogP contribution in [0.3, 0.4) is 0 Å². The van der Waals surface area contributed by atoms with Crippen LogP contribution in [-0.4, -0.2) is 19.0 Å². The zero-order chi connectivity index (χ0) is 16.7. The maximum atomic E-state index is 12.1. The third-order valence-electron chi connectivity index (χ3n) is 6.17. The molecule has 0 heterocycles. The van der Waals surface area contributed by atoms with E-state index in [0.29, 0.717) is 5.56 Å². The molecule has 1 aromatic rings. The van der Waals surface area contributed by atoms with Crippen molar-refractivity contribution < 1.29 is 14.3 Å². The van der Waals surface area contributed by atoms with Gasteiger partial charge in [-0.3, -0.25) is 9.59 Å². The van der Waals surface area contributed by atoms with E-state index in [1.807, 2.05) is 19.1 Å². The molecule has 0 atom stereocenters. The molecule has 3 aliphatic rings. The SMILES string of the molecule is COC(=O)C12CCC(Cc3ccc(C)c(C(N)=O)c3)(CC1)CC2. The summed E-state index contributed by atoms with van der Waals surface area (Å²) in [6.45, 7) is 1.91. The van der Waals surface area contributed by atoms with Crippen LogP contribution in [0.15, 0.2) is 18.2 Å². The third kappa shape index (κ3) is 2.75. The Morgan fingerprint density at radius 2 is 1.74 bits per heavy atom. The molecular weight excluding hydrogens is 290 g/mol. The van der Waals surface area contributed by atoms with E-state index in [0.717, 1.165) is 50.5 Å². The summed E-state index contributed by atoms with van der Waals surface area (Å²) >= 11 is 0. The molecule has 3 saturated carbocycles. The summed E-state index contributed by atoms with van der Waals surface area (Å²) in [5.74, 6) is -0.393. The minimum Gasteiger partial charge on any atom is -0.469 e. The molecule has 0 spiro atoms. The molecule has 124 valence electrons. The molecule has 3 fully saturated rings. The number of aryl methyl sites for hydroxylation is 1. The van der Waals surface area contributed by atoms with E-state index in [2.05, 4.69) is 6.07 Å². The summed E-state index contributed by atoms with van der Waals surface area (Å²) in [4.78, 5) is 23.6. The van der Waals surface area contributed by atoms with Crippen LogP contribution in [-0.2, 0) is 16.0 Å². The van der Waals surface area contributed by atoms with Gasteiger partial charge >= 0.3 is 5.97 Å². The number of nitrogens with two attached hydrogens (primary N) is 1. The maximum absolute atomic E-state index is 12.1. The second-order valence-corrected chi connectivity index (χ2v) is 7.46. The van der Waals surface area contributed by atoms with E-state index < -0.39 is 0 Å². The van der Waals surface area contributed by atoms with Gasteiger partial charge in [0.05, 0.1) is 12.5 Å². The number of fused-ring (bicyclic) bond motifs is 3. The molecule has 0 aliphatic heterocycles. The van der Waals surface area contributed by atoms with Crippen molar-refractivity contribution in [2.45, 2.75) is 51.9 Å². The lowest BCUT2D eigenvalue weighted by molar-refractivity contribution is -0.162. The number of methoxy groups -OCH3 is 1. The predicted molar refractivity (Wildman–Crippen MR) is 88.0 cm³/mol. The summed E-state index contributed by atoms with van der Waals surface area (Å²) in [6, 6.07) is 6.03. The number of hydrogen-bond acceptors (Lipinski definition) is 3. The lowest BCUT2D eigenvalue weighted by atomic mass is 9.52. The first kappa shape index (κ1) is 16.0. The Bertz CT molecular complexity index is 625. The average molecular weight is 315 g/mol. The number of carbonyl (C=O) groups excluding carboxylic acids is 2. The fourth-order valence-electron chi connectivity index (χ4n) is 4.53. The van der Waals surface area contributed by atoms with Gasteiger partial charge in [0.1, 0.15) is 0 Å². The summed E-state index contributed by atoms with van der Waals surface area (Å²) in [5.41, 5.74) is 8.22. The molecule has 1 aromatic carbocycles. The molecule has 23 heavy (non-hydrogen) atoms. The Kier molecular flexibility index (Phi) is 3.95. The van der Waals surface area contributed by atoms with E-state index in [9.17, 15) is 9.59 Å². The van der Waals surface area contributed by atoms with Crippen LogP contribution in [0.25, 0.3) is 0 Å². The Balaban J connectivity index is 1.77. The Morgan fingerprint density at radius 3 is 2.26 bits per heavy atom. The van der Waals surface area contributed by atoms with Crippen molar-refractivity contribution in [3.05, 3.63) is 34.9 Å². The Morgan fingerprint density at radius 1 is 1.13 bits per heavy atom. The van der Waals surface area contributed by atoms with E-state index >= 15 is 0 Å². The van der Waals surface area contributed by atoms with E-state index in [1.54, 1.807) is 0 Å². The molecule has 0 radical (unpaired) electrons. The molecule has 4 nitrogen and oxygen atoms in total. The lowest BCUT2D eigenvalue weighted by Crippen LogP contribution is -2.47. The largest absolute Gasteiger partial charge is 0.469 e. The molecule has 2 bridgehead atoms. The quantitative estimate of drug-likeness (QED) is 0.868. The molecular formula is C19H25NO3. The number of esters is 1. The van der Waals surface area contributed by atoms with Gasteiger partial charge < -0.3 is 10.5 Å². The van der Waals surface area contributed by atoms with E-state index in [1.165, 1.54) is 12.7 Å². The Hall–Kier alpha value is -1.84. The van der Waals surface area contributed by atoms with Gasteiger partial charge in [-0.25, -0.2) is 0 Å². The number of ether oxygens (including phenoxy) is 1. The lowest BCUT2D eigenvalue weighted by Gasteiger charge is -2.52. The number of hydrogen-bond donors (Lipinski definition) is 1. The number of primary amides is 1. The van der Waals surface area contributed by atoms with Gasteiger partial charge in [-0.2, -0.15) is 0 Å². The molecule has 0 unspecified atom stereocenters. The second kappa shape index (κ2) is 5.66. The van der Waals surface area contributed by atoms with Crippen LogP contribution in [0.5, 0.6) is 0 Å². The zero-order valence-corrected chi connectivity index (χ0v) is 14.0. The topological polar surface area (TPSA) is 69.4 Å². The van der Waals surface area contributed by atoms with Crippen LogP contribution in [0.2, 0.25) is 0 Å². The smallest absolute Gasteiger partial charge is 0.311 e.